The van der Waals surface area contributed by atoms with E-state index in [1.165, 1.54) is 0 Å². The summed E-state index contributed by atoms with van der Waals surface area (Å²) < 4.78 is 18.3. The highest BCUT2D eigenvalue weighted by atomic mass is 35.6. The van der Waals surface area contributed by atoms with Gasteiger partial charge in [-0.15, -0.1) is 0 Å². The van der Waals surface area contributed by atoms with Crippen LogP contribution in [0.1, 0.15) is 0 Å². The molecule has 0 aliphatic heterocycles. The summed E-state index contributed by atoms with van der Waals surface area (Å²) in [6.07, 6.45) is 0. The van der Waals surface area contributed by atoms with Gasteiger partial charge < -0.3 is 20.2 Å². The number of alkyl halides is 3. The van der Waals surface area contributed by atoms with Crippen LogP contribution in [0.2, 0.25) is 0 Å². The number of aliphatic hydroxyl groups excluding tert-OH is 3. The quantitative estimate of drug-likeness (QED) is 0.372. The van der Waals surface area contributed by atoms with E-state index in [4.69, 9.17) is 50.1 Å². The molecule has 7 nitrogen and oxygen atoms in total. The number of phosphoric acid groups is 1. The van der Waals surface area contributed by atoms with Crippen LogP contribution in [0, 0.1) is 5.41 Å². The van der Waals surface area contributed by atoms with Crippen LogP contribution in [0.5, 0.6) is 0 Å². The van der Waals surface area contributed by atoms with Gasteiger partial charge in [0.25, 0.3) is 0 Å². The molecule has 0 aromatic heterocycles. The van der Waals surface area contributed by atoms with Gasteiger partial charge >= 0.3 is 7.82 Å². The Morgan fingerprint density at radius 2 is 1.33 bits per heavy atom. The van der Waals surface area contributed by atoms with E-state index in [2.05, 4.69) is 9.05 Å². The minimum absolute atomic E-state index is 0.607. The number of phosphoric ester groups is 1. The summed E-state index contributed by atoms with van der Waals surface area (Å²) in [5.41, 5.74) is -1.46. The summed E-state index contributed by atoms with van der Waals surface area (Å²) in [5, 5.41) is 26.9. The molecule has 0 rings (SSSR count). The second-order valence-electron chi connectivity index (χ2n) is 3.60. The highest BCUT2D eigenvalue weighted by Crippen LogP contribution is 2.46. The number of aliphatic hydroxyl groups is 3. The lowest BCUT2D eigenvalue weighted by Crippen LogP contribution is -2.38. The zero-order valence-corrected chi connectivity index (χ0v) is 12.3. The van der Waals surface area contributed by atoms with Crippen molar-refractivity contribution in [1.29, 1.82) is 0 Å². The van der Waals surface area contributed by atoms with Gasteiger partial charge in [-0.25, -0.2) is 4.57 Å². The predicted molar refractivity (Wildman–Crippen MR) is 65.7 cm³/mol. The van der Waals surface area contributed by atoms with E-state index < -0.39 is 50.1 Å². The van der Waals surface area contributed by atoms with Crippen molar-refractivity contribution < 1.29 is 33.8 Å². The zero-order valence-electron chi connectivity index (χ0n) is 9.13. The van der Waals surface area contributed by atoms with Gasteiger partial charge in [0, 0.05) is 0 Å². The van der Waals surface area contributed by atoms with Crippen LogP contribution in [0.15, 0.2) is 0 Å². The molecule has 0 saturated heterocycles. The van der Waals surface area contributed by atoms with E-state index >= 15 is 0 Å². The Balaban J connectivity index is 4.37. The molecule has 1 unspecified atom stereocenters. The van der Waals surface area contributed by atoms with Gasteiger partial charge in [0.2, 0.25) is 3.79 Å². The van der Waals surface area contributed by atoms with E-state index in [1.54, 1.807) is 0 Å². The Hall–Kier alpha value is 0.860. The summed E-state index contributed by atoms with van der Waals surface area (Å²) in [6.45, 7) is -3.24. The molecule has 4 N–H and O–H groups in total. The monoisotopic (exact) mass is 346 g/mol. The standard InChI is InChI=1S/C7H14Cl3O7P/c8-7(9,10)5-17-18(14,15)16-4-6(1-11,2-12)3-13/h11-13H,1-5H2,(H,14,15). The van der Waals surface area contributed by atoms with Crippen molar-refractivity contribution in [3.8, 4) is 0 Å². The first kappa shape index (κ1) is 18.9. The molecular formula is C7H14Cl3O7P. The lowest BCUT2D eigenvalue weighted by atomic mass is 9.93. The Labute approximate surface area is 119 Å². The molecule has 11 heteroatoms. The average Bonchev–Trinajstić information content (AvgIpc) is 2.29. The van der Waals surface area contributed by atoms with E-state index in [9.17, 15) is 9.46 Å². The summed E-state index contributed by atoms with van der Waals surface area (Å²) in [6, 6.07) is 0. The Morgan fingerprint density at radius 1 is 0.944 bits per heavy atom. The fourth-order valence-electron chi connectivity index (χ4n) is 0.697. The molecule has 0 heterocycles. The molecule has 0 amide bonds. The van der Waals surface area contributed by atoms with E-state index in [0.717, 1.165) is 0 Å². The lowest BCUT2D eigenvalue weighted by Gasteiger charge is -2.27. The smallest absolute Gasteiger partial charge is 0.396 e. The Morgan fingerprint density at radius 3 is 1.67 bits per heavy atom. The van der Waals surface area contributed by atoms with Crippen molar-refractivity contribution in [1.82, 2.24) is 0 Å². The number of hydrogen-bond acceptors (Lipinski definition) is 6. The SMILES string of the molecule is O=P(O)(OCC(Cl)(Cl)Cl)OCC(CO)(CO)CO. The predicted octanol–water partition coefficient (Wildman–Crippen LogP) is 0.453. The largest absolute Gasteiger partial charge is 0.472 e. The second-order valence-corrected chi connectivity index (χ2v) is 7.57. The van der Waals surface area contributed by atoms with Crippen LogP contribution in [0.25, 0.3) is 0 Å². The van der Waals surface area contributed by atoms with Crippen LogP contribution in [-0.4, -0.2) is 57.0 Å². The third kappa shape index (κ3) is 7.45. The van der Waals surface area contributed by atoms with Gasteiger partial charge in [0.05, 0.1) is 31.8 Å². The molecule has 0 saturated carbocycles. The Kier molecular flexibility index (Phi) is 7.95. The highest BCUT2D eigenvalue weighted by molar-refractivity contribution is 7.47. The van der Waals surface area contributed by atoms with Crippen LogP contribution >= 0.6 is 42.6 Å². The van der Waals surface area contributed by atoms with Crippen molar-refractivity contribution in [2.24, 2.45) is 5.41 Å². The highest BCUT2D eigenvalue weighted by Gasteiger charge is 2.35. The van der Waals surface area contributed by atoms with Gasteiger partial charge in [0.1, 0.15) is 6.61 Å². The number of hydrogen-bond donors (Lipinski definition) is 4. The first-order chi connectivity index (χ1) is 8.10. The van der Waals surface area contributed by atoms with Crippen LogP contribution < -0.4 is 0 Å². The molecule has 0 fully saturated rings. The minimum Gasteiger partial charge on any atom is -0.396 e. The Bertz CT molecular complexity index is 283. The van der Waals surface area contributed by atoms with Crippen molar-refractivity contribution in [3.05, 3.63) is 0 Å². The third-order valence-electron chi connectivity index (χ3n) is 1.93. The van der Waals surface area contributed by atoms with Crippen molar-refractivity contribution in [3.63, 3.8) is 0 Å². The van der Waals surface area contributed by atoms with Crippen molar-refractivity contribution in [2.75, 3.05) is 33.0 Å². The molecule has 1 atom stereocenters. The maximum atomic E-state index is 11.3. The second kappa shape index (κ2) is 7.59. The molecule has 0 bridgehead atoms. The molecule has 0 aliphatic rings. The third-order valence-corrected chi connectivity index (χ3v) is 3.17. The van der Waals surface area contributed by atoms with Gasteiger partial charge in [-0.3, -0.25) is 9.05 Å². The summed E-state index contributed by atoms with van der Waals surface area (Å²) >= 11 is 15.9. The molecule has 0 aromatic carbocycles. The molecule has 0 aromatic rings. The fourth-order valence-corrected chi connectivity index (χ4v) is 1.96. The first-order valence-corrected chi connectivity index (χ1v) is 7.24. The topological polar surface area (TPSA) is 116 Å². The lowest BCUT2D eigenvalue weighted by molar-refractivity contribution is -0.0339. The number of rotatable bonds is 8. The van der Waals surface area contributed by atoms with Crippen LogP contribution in [0.3, 0.4) is 0 Å². The molecule has 110 valence electrons. The van der Waals surface area contributed by atoms with Gasteiger partial charge in [-0.1, -0.05) is 34.8 Å². The molecule has 0 radical (unpaired) electrons. The summed E-state index contributed by atoms with van der Waals surface area (Å²) in [4.78, 5) is 9.22. The molecule has 0 aliphatic carbocycles. The average molecular weight is 348 g/mol. The zero-order chi connectivity index (χ0) is 14.4. The van der Waals surface area contributed by atoms with Crippen molar-refractivity contribution >= 4 is 42.6 Å². The van der Waals surface area contributed by atoms with Crippen molar-refractivity contribution in [2.45, 2.75) is 3.79 Å². The summed E-state index contributed by atoms with van der Waals surface area (Å²) in [7, 11) is -4.51. The van der Waals surface area contributed by atoms with E-state index in [-0.39, 0.29) is 0 Å². The molecule has 0 spiro atoms. The molecule has 18 heavy (non-hydrogen) atoms. The minimum atomic E-state index is -4.51. The normalized spacial score (nSPS) is 16.6. The maximum Gasteiger partial charge on any atom is 0.472 e. The van der Waals surface area contributed by atoms with Crippen LogP contribution in [-0.2, 0) is 13.6 Å². The van der Waals surface area contributed by atoms with E-state index in [1.807, 2.05) is 0 Å². The fraction of sp³-hybridized carbons (Fsp3) is 1.00. The molecular weight excluding hydrogens is 333 g/mol. The first-order valence-electron chi connectivity index (χ1n) is 4.61. The maximum absolute atomic E-state index is 11.3. The summed E-state index contributed by atoms with van der Waals surface area (Å²) in [5.74, 6) is 0. The van der Waals surface area contributed by atoms with E-state index in [0.29, 0.717) is 0 Å². The van der Waals surface area contributed by atoms with Gasteiger partial charge in [0.15, 0.2) is 0 Å². The van der Waals surface area contributed by atoms with Gasteiger partial charge in [-0.05, 0) is 0 Å². The van der Waals surface area contributed by atoms with Crippen LogP contribution in [0.4, 0.5) is 0 Å². The number of halogens is 3. The van der Waals surface area contributed by atoms with Gasteiger partial charge in [-0.2, -0.15) is 0 Å².